The van der Waals surface area contributed by atoms with E-state index in [1.807, 2.05) is 0 Å². The number of anilines is 1. The Hall–Kier alpha value is -1.93. The van der Waals surface area contributed by atoms with E-state index in [9.17, 15) is 14.4 Å². The molecule has 22 heavy (non-hydrogen) atoms. The second-order valence-electron chi connectivity index (χ2n) is 4.43. The number of ether oxygens (including phenoxy) is 1. The number of carbonyl (C=O) groups excluding carboxylic acids is 3. The van der Waals surface area contributed by atoms with E-state index in [2.05, 4.69) is 10.6 Å². The summed E-state index contributed by atoms with van der Waals surface area (Å²) in [5.41, 5.74) is 0.958. The van der Waals surface area contributed by atoms with Crippen molar-refractivity contribution in [3.8, 4) is 0 Å². The minimum absolute atomic E-state index is 0.0380. The smallest absolute Gasteiger partial charge is 0.338 e. The first kappa shape index (κ1) is 16.4. The molecule has 6 nitrogen and oxygen atoms in total. The van der Waals surface area contributed by atoms with Gasteiger partial charge < -0.3 is 15.4 Å². The lowest BCUT2D eigenvalue weighted by molar-refractivity contribution is -0.122. The van der Waals surface area contributed by atoms with Gasteiger partial charge in [0.25, 0.3) is 0 Å². The number of thioether (sulfide) groups is 1. The Bertz CT molecular complexity index is 616. The minimum Gasteiger partial charge on any atom is -0.462 e. The molecule has 1 atom stereocenters. The topological polar surface area (TPSA) is 84.5 Å². The van der Waals surface area contributed by atoms with E-state index < -0.39 is 11.2 Å². The van der Waals surface area contributed by atoms with Crippen LogP contribution in [0.1, 0.15) is 23.7 Å². The number of hydrogen-bond acceptors (Lipinski definition) is 6. The molecular formula is C14H14N2O4S2. The summed E-state index contributed by atoms with van der Waals surface area (Å²) in [4.78, 5) is 34.9. The molecule has 0 aliphatic carbocycles. The fourth-order valence-electron chi connectivity index (χ4n) is 1.81. The minimum atomic E-state index is -0.494. The van der Waals surface area contributed by atoms with Crippen molar-refractivity contribution in [3.63, 3.8) is 0 Å². The highest BCUT2D eigenvalue weighted by Crippen LogP contribution is 2.22. The van der Waals surface area contributed by atoms with Gasteiger partial charge in [-0.25, -0.2) is 4.79 Å². The van der Waals surface area contributed by atoms with E-state index in [0.29, 0.717) is 22.2 Å². The van der Waals surface area contributed by atoms with Crippen LogP contribution in [0.25, 0.3) is 0 Å². The maximum atomic E-state index is 11.9. The maximum Gasteiger partial charge on any atom is 0.338 e. The van der Waals surface area contributed by atoms with Gasteiger partial charge in [-0.1, -0.05) is 24.0 Å². The number of nitrogens with one attached hydrogen (secondary N) is 2. The third kappa shape index (κ3) is 4.28. The molecule has 0 aromatic heterocycles. The van der Waals surface area contributed by atoms with Gasteiger partial charge in [0.05, 0.1) is 17.4 Å². The van der Waals surface area contributed by atoms with Crippen LogP contribution in [-0.2, 0) is 14.3 Å². The molecule has 0 radical (unpaired) electrons. The zero-order valence-corrected chi connectivity index (χ0v) is 13.4. The average molecular weight is 338 g/mol. The zero-order valence-electron chi connectivity index (χ0n) is 11.8. The first-order chi connectivity index (χ1) is 10.5. The molecule has 2 rings (SSSR count). The Labute approximate surface area is 137 Å². The van der Waals surface area contributed by atoms with Crippen LogP contribution in [0, 0.1) is 0 Å². The summed E-state index contributed by atoms with van der Waals surface area (Å²) in [6, 6.07) is 6.35. The van der Waals surface area contributed by atoms with Crippen molar-refractivity contribution in [1.29, 1.82) is 0 Å². The molecule has 1 fully saturated rings. The summed E-state index contributed by atoms with van der Waals surface area (Å²) in [5, 5.41) is 4.67. The number of carbonyl (C=O) groups is 3. The van der Waals surface area contributed by atoms with Crippen LogP contribution in [0.5, 0.6) is 0 Å². The molecule has 1 aromatic rings. The molecule has 1 saturated heterocycles. The van der Waals surface area contributed by atoms with Crippen molar-refractivity contribution in [2.24, 2.45) is 0 Å². The summed E-state index contributed by atoms with van der Waals surface area (Å²) >= 11 is 6.04. The standard InChI is InChI=1S/C14H14N2O4S2/c1-2-20-13(19)8-3-5-9(6-4-8)15-11(17)7-10-12(18)16-14(21)22-10/h3-6,10H,2,7H2,1H3,(H,15,17)(H,16,18,21)/t10-/m1/s1. The zero-order chi connectivity index (χ0) is 16.1. The first-order valence-electron chi connectivity index (χ1n) is 6.58. The molecule has 2 amide bonds. The highest BCUT2D eigenvalue weighted by Gasteiger charge is 2.30. The van der Waals surface area contributed by atoms with Crippen LogP contribution < -0.4 is 10.6 Å². The van der Waals surface area contributed by atoms with E-state index in [4.69, 9.17) is 17.0 Å². The van der Waals surface area contributed by atoms with Gasteiger partial charge in [0, 0.05) is 12.1 Å². The monoisotopic (exact) mass is 338 g/mol. The number of esters is 1. The number of hydrogen-bond donors (Lipinski definition) is 2. The van der Waals surface area contributed by atoms with Crippen LogP contribution in [0.2, 0.25) is 0 Å². The van der Waals surface area contributed by atoms with Gasteiger partial charge in [-0.2, -0.15) is 0 Å². The molecule has 1 aliphatic heterocycles. The van der Waals surface area contributed by atoms with Crippen molar-refractivity contribution in [2.45, 2.75) is 18.6 Å². The molecule has 116 valence electrons. The quantitative estimate of drug-likeness (QED) is 0.628. The van der Waals surface area contributed by atoms with Gasteiger partial charge in [0.2, 0.25) is 11.8 Å². The number of amides is 2. The average Bonchev–Trinajstić information content (AvgIpc) is 2.77. The SMILES string of the molecule is CCOC(=O)c1ccc(NC(=O)C[C@H]2SC(=S)NC2=O)cc1. The Morgan fingerprint density at radius 1 is 1.36 bits per heavy atom. The second kappa shape index (κ2) is 7.37. The van der Waals surface area contributed by atoms with Crippen molar-refractivity contribution in [2.75, 3.05) is 11.9 Å². The lowest BCUT2D eigenvalue weighted by Crippen LogP contribution is -2.27. The Balaban J connectivity index is 1.90. The molecule has 0 spiro atoms. The Morgan fingerprint density at radius 3 is 2.59 bits per heavy atom. The molecule has 0 bridgehead atoms. The molecule has 0 unspecified atom stereocenters. The van der Waals surface area contributed by atoms with Crippen LogP contribution in [0.4, 0.5) is 5.69 Å². The number of thiocarbonyl (C=S) groups is 1. The molecule has 1 heterocycles. The van der Waals surface area contributed by atoms with E-state index in [-0.39, 0.29) is 18.2 Å². The van der Waals surface area contributed by atoms with Crippen LogP contribution in [0.15, 0.2) is 24.3 Å². The third-order valence-electron chi connectivity index (χ3n) is 2.82. The predicted molar refractivity (Wildman–Crippen MR) is 87.8 cm³/mol. The van der Waals surface area contributed by atoms with Gasteiger partial charge in [-0.05, 0) is 31.2 Å². The lowest BCUT2D eigenvalue weighted by Gasteiger charge is -2.08. The maximum absolute atomic E-state index is 11.9. The van der Waals surface area contributed by atoms with Gasteiger partial charge in [0.1, 0.15) is 4.32 Å². The number of benzene rings is 1. The molecule has 8 heteroatoms. The molecule has 0 saturated carbocycles. The fraction of sp³-hybridized carbons (Fsp3) is 0.286. The van der Waals surface area contributed by atoms with Crippen molar-refractivity contribution in [3.05, 3.63) is 29.8 Å². The number of rotatable bonds is 5. The fourth-order valence-corrected chi connectivity index (χ4v) is 3.08. The third-order valence-corrected chi connectivity index (χ3v) is 4.19. The Morgan fingerprint density at radius 2 is 2.05 bits per heavy atom. The predicted octanol–water partition coefficient (Wildman–Crippen LogP) is 1.71. The molecular weight excluding hydrogens is 324 g/mol. The Kier molecular flexibility index (Phi) is 5.51. The second-order valence-corrected chi connectivity index (χ2v) is 6.31. The summed E-state index contributed by atoms with van der Waals surface area (Å²) in [5.74, 6) is -0.947. The summed E-state index contributed by atoms with van der Waals surface area (Å²) in [6.07, 6.45) is 0.0380. The summed E-state index contributed by atoms with van der Waals surface area (Å²) in [6.45, 7) is 2.04. The van der Waals surface area contributed by atoms with E-state index in [1.165, 1.54) is 11.8 Å². The van der Waals surface area contributed by atoms with E-state index in [1.54, 1.807) is 31.2 Å². The van der Waals surface area contributed by atoms with Crippen molar-refractivity contribution in [1.82, 2.24) is 5.32 Å². The molecule has 1 aliphatic rings. The van der Waals surface area contributed by atoms with Gasteiger partial charge in [0.15, 0.2) is 0 Å². The van der Waals surface area contributed by atoms with Crippen molar-refractivity contribution >= 4 is 51.8 Å². The lowest BCUT2D eigenvalue weighted by atomic mass is 10.2. The largest absolute Gasteiger partial charge is 0.462 e. The van der Waals surface area contributed by atoms with Gasteiger partial charge in [-0.15, -0.1) is 0 Å². The van der Waals surface area contributed by atoms with E-state index >= 15 is 0 Å². The molecule has 1 aromatic carbocycles. The highest BCUT2D eigenvalue weighted by molar-refractivity contribution is 8.24. The molecule has 2 N–H and O–H groups in total. The van der Waals surface area contributed by atoms with E-state index in [0.717, 1.165) is 0 Å². The normalized spacial score (nSPS) is 17.0. The van der Waals surface area contributed by atoms with Crippen LogP contribution in [-0.4, -0.2) is 34.0 Å². The highest BCUT2D eigenvalue weighted by atomic mass is 32.2. The van der Waals surface area contributed by atoms with Crippen LogP contribution in [0.3, 0.4) is 0 Å². The van der Waals surface area contributed by atoms with Crippen LogP contribution >= 0.6 is 24.0 Å². The summed E-state index contributed by atoms with van der Waals surface area (Å²) in [7, 11) is 0. The van der Waals surface area contributed by atoms with Gasteiger partial charge >= 0.3 is 5.97 Å². The first-order valence-corrected chi connectivity index (χ1v) is 7.87. The van der Waals surface area contributed by atoms with Gasteiger partial charge in [-0.3, -0.25) is 9.59 Å². The van der Waals surface area contributed by atoms with Crippen molar-refractivity contribution < 1.29 is 19.1 Å². The summed E-state index contributed by atoms with van der Waals surface area (Å²) < 4.78 is 5.26.